The molecule has 1 atom stereocenters. The molecule has 2 aliphatic carbocycles. The number of methoxy groups -OCH3 is 1. The Morgan fingerprint density at radius 2 is 1.75 bits per heavy atom. The van der Waals surface area contributed by atoms with Crippen LogP contribution in [-0.2, 0) is 16.5 Å². The lowest BCUT2D eigenvalue weighted by Crippen LogP contribution is -2.12. The molecule has 0 saturated carbocycles. The third-order valence-corrected chi connectivity index (χ3v) is 9.03. The standard InChI is InChI=1S/C29H24ClNO8S/c1-36-26-11-5-18-12-17-2-3-20(25(30)10-4-19-14-27-28(15-23(17)19)38-16-37-27)13-24(18)29(26)39-40(34,35)22-8-6-21(7-9-22)31(32)33/h5-9,11-15,25H,2-4,10,16H2,1H3/b17-12+,20-13+. The third kappa shape index (κ3) is 4.77. The van der Waals surface area contributed by atoms with Crippen molar-refractivity contribution in [1.29, 1.82) is 0 Å². The molecule has 6 rings (SSSR count). The summed E-state index contributed by atoms with van der Waals surface area (Å²) in [7, 11) is -2.93. The average molecular weight is 582 g/mol. The van der Waals surface area contributed by atoms with Crippen molar-refractivity contribution in [2.75, 3.05) is 13.9 Å². The van der Waals surface area contributed by atoms with Crippen LogP contribution in [0.5, 0.6) is 23.0 Å². The molecule has 0 N–H and O–H groups in total. The first kappa shape index (κ1) is 26.2. The second-order valence-corrected chi connectivity index (χ2v) is 11.7. The number of hydrogen-bond donors (Lipinski definition) is 0. The van der Waals surface area contributed by atoms with E-state index in [4.69, 9.17) is 30.0 Å². The van der Waals surface area contributed by atoms with Crippen LogP contribution in [0, 0.1) is 10.1 Å². The highest BCUT2D eigenvalue weighted by Crippen LogP contribution is 2.45. The van der Waals surface area contributed by atoms with Crippen LogP contribution in [0.2, 0.25) is 0 Å². The first-order valence-electron chi connectivity index (χ1n) is 12.6. The molecular weight excluding hydrogens is 558 g/mol. The molecule has 1 heterocycles. The van der Waals surface area contributed by atoms with Crippen LogP contribution in [0.25, 0.3) is 17.7 Å². The van der Waals surface area contributed by atoms with E-state index in [2.05, 4.69) is 0 Å². The van der Waals surface area contributed by atoms with Gasteiger partial charge in [0.15, 0.2) is 23.0 Å². The lowest BCUT2D eigenvalue weighted by molar-refractivity contribution is -0.384. The number of allylic oxidation sites excluding steroid dienone is 2. The van der Waals surface area contributed by atoms with E-state index in [1.807, 2.05) is 30.4 Å². The minimum Gasteiger partial charge on any atom is -0.493 e. The summed E-state index contributed by atoms with van der Waals surface area (Å²) in [5.41, 5.74) is 5.18. The Morgan fingerprint density at radius 3 is 2.48 bits per heavy atom. The minimum atomic E-state index is -4.36. The lowest BCUT2D eigenvalue weighted by Gasteiger charge is -2.21. The smallest absolute Gasteiger partial charge is 0.339 e. The molecule has 2 bridgehead atoms. The number of halogens is 1. The number of alkyl halides is 1. The van der Waals surface area contributed by atoms with Crippen LogP contribution in [0.1, 0.15) is 41.5 Å². The minimum absolute atomic E-state index is 0.0161. The van der Waals surface area contributed by atoms with Gasteiger partial charge in [-0.1, -0.05) is 17.7 Å². The predicted molar refractivity (Wildman–Crippen MR) is 150 cm³/mol. The van der Waals surface area contributed by atoms with Crippen molar-refractivity contribution < 1.29 is 31.7 Å². The zero-order valence-corrected chi connectivity index (χ0v) is 23.0. The van der Waals surface area contributed by atoms with Gasteiger partial charge >= 0.3 is 10.1 Å². The van der Waals surface area contributed by atoms with Crippen molar-refractivity contribution in [1.82, 2.24) is 0 Å². The van der Waals surface area contributed by atoms with E-state index in [1.54, 1.807) is 6.07 Å². The van der Waals surface area contributed by atoms with Gasteiger partial charge < -0.3 is 18.4 Å². The lowest BCUT2D eigenvalue weighted by atomic mass is 9.89. The molecule has 11 heteroatoms. The van der Waals surface area contributed by atoms with Crippen LogP contribution in [0.4, 0.5) is 5.69 Å². The maximum Gasteiger partial charge on any atom is 0.339 e. The predicted octanol–water partition coefficient (Wildman–Crippen LogP) is 6.37. The van der Waals surface area contributed by atoms with Crippen molar-refractivity contribution in [2.45, 2.75) is 36.0 Å². The highest BCUT2D eigenvalue weighted by molar-refractivity contribution is 7.87. The fourth-order valence-corrected chi connectivity index (χ4v) is 6.46. The average Bonchev–Trinajstić information content (AvgIpc) is 3.40. The van der Waals surface area contributed by atoms with Crippen molar-refractivity contribution in [3.05, 3.63) is 86.5 Å². The molecule has 0 saturated heterocycles. The fraction of sp³-hybridized carbons (Fsp3) is 0.241. The van der Waals surface area contributed by atoms with Crippen LogP contribution in [-0.4, -0.2) is 32.6 Å². The highest BCUT2D eigenvalue weighted by atomic mass is 35.5. The summed E-state index contributed by atoms with van der Waals surface area (Å²) >= 11 is 6.94. The Morgan fingerprint density at radius 1 is 1.00 bits per heavy atom. The monoisotopic (exact) mass is 581 g/mol. The van der Waals surface area contributed by atoms with Crippen molar-refractivity contribution in [3.63, 3.8) is 0 Å². The van der Waals surface area contributed by atoms with Gasteiger partial charge in [0.2, 0.25) is 6.79 Å². The summed E-state index contributed by atoms with van der Waals surface area (Å²) in [5, 5.41) is 10.7. The molecule has 3 aliphatic rings. The number of ether oxygens (including phenoxy) is 3. The van der Waals surface area contributed by atoms with E-state index in [1.165, 1.54) is 7.11 Å². The van der Waals surface area contributed by atoms with Gasteiger partial charge in [-0.25, -0.2) is 0 Å². The Hall–Kier alpha value is -4.02. The number of aryl methyl sites for hydroxylation is 1. The van der Waals surface area contributed by atoms with E-state index >= 15 is 0 Å². The summed E-state index contributed by atoms with van der Waals surface area (Å²) in [6.07, 6.45) is 6.72. The molecular formula is C29H24ClNO8S. The topological polar surface area (TPSA) is 114 Å². The SMILES string of the molecule is COc1ccc2c(c1OS(=O)(=O)c1ccc([N+](=O)[O-])cc1)/C=C1\CC/C(=C\2)c2cc3c(cc2CCC1Cl)OCO3. The Labute approximate surface area is 235 Å². The number of benzene rings is 3. The zero-order valence-electron chi connectivity index (χ0n) is 21.4. The van der Waals surface area contributed by atoms with Crippen LogP contribution < -0.4 is 18.4 Å². The molecule has 0 fully saturated rings. The molecule has 3 aromatic rings. The molecule has 3 aromatic carbocycles. The van der Waals surface area contributed by atoms with Crippen LogP contribution >= 0.6 is 11.6 Å². The maximum absolute atomic E-state index is 13.3. The summed E-state index contributed by atoms with van der Waals surface area (Å²) in [6.45, 7) is 0.175. The molecule has 0 aromatic heterocycles. The van der Waals surface area contributed by atoms with Crippen LogP contribution in [0.3, 0.4) is 0 Å². The number of rotatable bonds is 5. The second kappa shape index (κ2) is 10.2. The molecule has 40 heavy (non-hydrogen) atoms. The van der Waals surface area contributed by atoms with Gasteiger partial charge in [0, 0.05) is 17.7 Å². The Balaban J connectivity index is 1.51. The van der Waals surface area contributed by atoms with E-state index in [0.717, 1.165) is 64.9 Å². The largest absolute Gasteiger partial charge is 0.493 e. The molecule has 0 spiro atoms. The van der Waals surface area contributed by atoms with Gasteiger partial charge in [0.1, 0.15) is 4.90 Å². The van der Waals surface area contributed by atoms with Gasteiger partial charge in [-0.2, -0.15) is 8.42 Å². The first-order valence-corrected chi connectivity index (χ1v) is 14.5. The Kier molecular flexibility index (Phi) is 6.67. The number of hydrogen-bond acceptors (Lipinski definition) is 8. The van der Waals surface area contributed by atoms with Crippen molar-refractivity contribution >= 4 is 45.1 Å². The molecule has 0 radical (unpaired) electrons. The second-order valence-electron chi connectivity index (χ2n) is 9.65. The molecule has 1 aliphatic heterocycles. The fourth-order valence-electron chi connectivity index (χ4n) is 5.22. The van der Waals surface area contributed by atoms with E-state index in [-0.39, 0.29) is 34.3 Å². The normalized spacial score (nSPS) is 20.2. The van der Waals surface area contributed by atoms with Gasteiger partial charge in [0.25, 0.3) is 5.69 Å². The highest BCUT2D eigenvalue weighted by Gasteiger charge is 2.28. The summed E-state index contributed by atoms with van der Waals surface area (Å²) in [4.78, 5) is 10.2. The van der Waals surface area contributed by atoms with E-state index < -0.39 is 15.0 Å². The summed E-state index contributed by atoms with van der Waals surface area (Å²) in [5.74, 6) is 1.64. The number of nitrogens with zero attached hydrogens (tertiary/aromatic N) is 1. The van der Waals surface area contributed by atoms with Gasteiger partial charge in [-0.15, -0.1) is 11.6 Å². The summed E-state index contributed by atoms with van der Waals surface area (Å²) in [6, 6.07) is 12.0. The molecule has 9 nitrogen and oxygen atoms in total. The number of fused-ring (bicyclic) bond motifs is 7. The first-order chi connectivity index (χ1) is 19.2. The Bertz CT molecular complexity index is 1700. The molecule has 206 valence electrons. The van der Waals surface area contributed by atoms with Gasteiger partial charge in [-0.3, -0.25) is 10.1 Å². The molecule has 0 amide bonds. The number of nitro benzene ring substituents is 1. The van der Waals surface area contributed by atoms with Crippen molar-refractivity contribution in [2.24, 2.45) is 0 Å². The molecule has 1 unspecified atom stereocenters. The van der Waals surface area contributed by atoms with Gasteiger partial charge in [0.05, 0.1) is 17.4 Å². The number of non-ortho nitro benzene ring substituents is 1. The van der Waals surface area contributed by atoms with Crippen molar-refractivity contribution in [3.8, 4) is 23.0 Å². The zero-order chi connectivity index (χ0) is 28.0. The van der Waals surface area contributed by atoms with E-state index in [9.17, 15) is 18.5 Å². The van der Waals surface area contributed by atoms with Gasteiger partial charge in [-0.05, 0) is 84.4 Å². The number of nitro groups is 1. The quantitative estimate of drug-likeness (QED) is 0.148. The third-order valence-electron chi connectivity index (χ3n) is 7.30. The maximum atomic E-state index is 13.3. The van der Waals surface area contributed by atoms with Crippen LogP contribution in [0.15, 0.2) is 59.0 Å². The summed E-state index contributed by atoms with van der Waals surface area (Å²) < 4.78 is 49.2. The van der Waals surface area contributed by atoms with E-state index in [0.29, 0.717) is 29.9 Å².